The predicted octanol–water partition coefficient (Wildman–Crippen LogP) is 2.99. The number of alkyl carbamates (subject to hydrolysis) is 1. The lowest BCUT2D eigenvalue weighted by molar-refractivity contribution is -0.155. The van der Waals surface area contributed by atoms with Gasteiger partial charge in [0.15, 0.2) is 0 Å². The number of amides is 2. The summed E-state index contributed by atoms with van der Waals surface area (Å²) in [5.74, 6) is -1.73. The minimum atomic E-state index is -1.08. The van der Waals surface area contributed by atoms with Gasteiger partial charge in [-0.15, -0.1) is 0 Å². The third-order valence-corrected chi connectivity index (χ3v) is 5.21. The van der Waals surface area contributed by atoms with Gasteiger partial charge in [0.05, 0.1) is 0 Å². The maximum atomic E-state index is 13.2. The maximum absolute atomic E-state index is 13.2. The van der Waals surface area contributed by atoms with Crippen molar-refractivity contribution in [2.75, 3.05) is 19.6 Å². The molecule has 1 saturated heterocycles. The molecule has 1 aromatic carbocycles. The number of nitrogens with zero attached hydrogens (tertiary/aromatic N) is 2. The molecule has 8 nitrogen and oxygen atoms in total. The number of hydrogen-bond acceptors (Lipinski definition) is 5. The third-order valence-electron chi connectivity index (χ3n) is 4.96. The normalized spacial score (nSPS) is 18.5. The molecule has 31 heavy (non-hydrogen) atoms. The summed E-state index contributed by atoms with van der Waals surface area (Å²) >= 11 is 5.93. The molecular weight excluding hydrogens is 422 g/mol. The largest absolute Gasteiger partial charge is 0.480 e. The topological polar surface area (TPSA) is 99.2 Å². The number of aliphatic carboxylic acids is 1. The highest BCUT2D eigenvalue weighted by atomic mass is 35.5. The van der Waals surface area contributed by atoms with E-state index in [0.717, 1.165) is 5.56 Å². The van der Waals surface area contributed by atoms with Crippen LogP contribution in [0.5, 0.6) is 0 Å². The molecule has 1 fully saturated rings. The molecule has 172 valence electrons. The van der Waals surface area contributed by atoms with E-state index in [0.29, 0.717) is 18.1 Å². The molecule has 2 N–H and O–H groups in total. The highest BCUT2D eigenvalue weighted by Crippen LogP contribution is 2.19. The Hall–Kier alpha value is -2.32. The van der Waals surface area contributed by atoms with E-state index in [-0.39, 0.29) is 19.0 Å². The van der Waals surface area contributed by atoms with Crippen LogP contribution in [0.15, 0.2) is 24.3 Å². The summed E-state index contributed by atoms with van der Waals surface area (Å²) in [6.07, 6.45) is -0.701. The van der Waals surface area contributed by atoms with Crippen LogP contribution in [0.3, 0.4) is 0 Å². The van der Waals surface area contributed by atoms with Gasteiger partial charge in [-0.05, 0) is 44.4 Å². The summed E-state index contributed by atoms with van der Waals surface area (Å²) in [7, 11) is 0. The number of halogens is 1. The van der Waals surface area contributed by atoms with E-state index in [9.17, 15) is 19.5 Å². The van der Waals surface area contributed by atoms with Crippen molar-refractivity contribution in [1.29, 1.82) is 0 Å². The molecule has 1 aliphatic rings. The van der Waals surface area contributed by atoms with Gasteiger partial charge in [0.25, 0.3) is 0 Å². The Morgan fingerprint density at radius 1 is 1.19 bits per heavy atom. The van der Waals surface area contributed by atoms with E-state index < -0.39 is 35.7 Å². The summed E-state index contributed by atoms with van der Waals surface area (Å²) in [4.78, 5) is 40.7. The fourth-order valence-electron chi connectivity index (χ4n) is 3.43. The average Bonchev–Trinajstić information content (AvgIpc) is 2.65. The second-order valence-corrected chi connectivity index (χ2v) is 9.55. The van der Waals surface area contributed by atoms with Gasteiger partial charge in [0.2, 0.25) is 5.91 Å². The number of hydrogen-bond donors (Lipinski definition) is 2. The molecule has 0 spiro atoms. The van der Waals surface area contributed by atoms with Crippen LogP contribution in [0, 0.1) is 5.92 Å². The predicted molar refractivity (Wildman–Crippen MR) is 118 cm³/mol. The van der Waals surface area contributed by atoms with Crippen LogP contribution in [0.2, 0.25) is 5.02 Å². The zero-order valence-electron chi connectivity index (χ0n) is 18.7. The molecule has 2 amide bonds. The summed E-state index contributed by atoms with van der Waals surface area (Å²) in [5, 5.41) is 13.0. The first-order valence-corrected chi connectivity index (χ1v) is 10.7. The summed E-state index contributed by atoms with van der Waals surface area (Å²) in [6.45, 7) is 10.3. The number of carboxylic acid groups (broad SMARTS) is 1. The molecule has 2 atom stereocenters. The zero-order chi connectivity index (χ0) is 23.3. The number of carboxylic acids is 1. The van der Waals surface area contributed by atoms with Crippen LogP contribution in [0.4, 0.5) is 4.79 Å². The van der Waals surface area contributed by atoms with Crippen LogP contribution in [0.1, 0.15) is 40.2 Å². The van der Waals surface area contributed by atoms with Crippen LogP contribution in [0.25, 0.3) is 0 Å². The highest BCUT2D eigenvalue weighted by Gasteiger charge is 2.39. The van der Waals surface area contributed by atoms with Crippen molar-refractivity contribution in [3.05, 3.63) is 34.9 Å². The van der Waals surface area contributed by atoms with Crippen LogP contribution in [-0.2, 0) is 20.9 Å². The Labute approximate surface area is 188 Å². The fraction of sp³-hybridized carbons (Fsp3) is 0.591. The van der Waals surface area contributed by atoms with Crippen molar-refractivity contribution in [3.8, 4) is 0 Å². The van der Waals surface area contributed by atoms with Gasteiger partial charge in [0, 0.05) is 31.2 Å². The number of carbonyl (C=O) groups is 3. The van der Waals surface area contributed by atoms with Gasteiger partial charge < -0.3 is 20.1 Å². The second-order valence-electron chi connectivity index (χ2n) is 9.12. The molecule has 0 unspecified atom stereocenters. The molecule has 0 aliphatic carbocycles. The second kappa shape index (κ2) is 10.3. The number of nitrogens with one attached hydrogen (secondary N) is 1. The Morgan fingerprint density at radius 2 is 1.81 bits per heavy atom. The Bertz CT molecular complexity index is 791. The van der Waals surface area contributed by atoms with E-state index in [2.05, 4.69) is 5.32 Å². The van der Waals surface area contributed by atoms with E-state index in [1.165, 1.54) is 4.90 Å². The summed E-state index contributed by atoms with van der Waals surface area (Å²) in [6, 6.07) is 5.50. The highest BCUT2D eigenvalue weighted by molar-refractivity contribution is 6.30. The zero-order valence-corrected chi connectivity index (χ0v) is 19.5. The molecule has 0 bridgehead atoms. The molecule has 1 aromatic rings. The third kappa shape index (κ3) is 7.40. The summed E-state index contributed by atoms with van der Waals surface area (Å²) < 4.78 is 5.27. The number of carbonyl (C=O) groups excluding carboxylic acids is 2. The molecule has 2 rings (SSSR count). The lowest BCUT2D eigenvalue weighted by Crippen LogP contribution is -2.62. The number of benzene rings is 1. The van der Waals surface area contributed by atoms with Gasteiger partial charge in [-0.1, -0.05) is 37.6 Å². The van der Waals surface area contributed by atoms with Gasteiger partial charge >= 0.3 is 12.1 Å². The van der Waals surface area contributed by atoms with Crippen LogP contribution >= 0.6 is 11.6 Å². The molecule has 9 heteroatoms. The van der Waals surface area contributed by atoms with Gasteiger partial charge in [-0.3, -0.25) is 9.69 Å². The minimum Gasteiger partial charge on any atom is -0.480 e. The van der Waals surface area contributed by atoms with Crippen LogP contribution in [-0.4, -0.2) is 70.2 Å². The van der Waals surface area contributed by atoms with Crippen molar-refractivity contribution < 1.29 is 24.2 Å². The first-order valence-electron chi connectivity index (χ1n) is 10.4. The first kappa shape index (κ1) is 24.9. The minimum absolute atomic E-state index is 0.195. The van der Waals surface area contributed by atoms with Gasteiger partial charge in [-0.25, -0.2) is 9.59 Å². The van der Waals surface area contributed by atoms with Crippen molar-refractivity contribution in [1.82, 2.24) is 15.1 Å². The Balaban J connectivity index is 2.10. The van der Waals surface area contributed by atoms with E-state index in [4.69, 9.17) is 16.3 Å². The Kier molecular flexibility index (Phi) is 8.31. The van der Waals surface area contributed by atoms with Crippen molar-refractivity contribution in [2.45, 2.75) is 58.8 Å². The SMILES string of the molecule is CC(C)[C@H](NC(=O)OC(C)(C)C)C(=O)N1CCN(Cc2ccc(Cl)cc2)C[C@H]1C(=O)O. The van der Waals surface area contributed by atoms with Crippen LogP contribution < -0.4 is 5.32 Å². The molecule has 0 aromatic heterocycles. The molecule has 1 heterocycles. The van der Waals surface area contributed by atoms with Crippen molar-refractivity contribution in [2.24, 2.45) is 5.92 Å². The maximum Gasteiger partial charge on any atom is 0.408 e. The standard InChI is InChI=1S/C22H32ClN3O5/c1-14(2)18(24-21(30)31-22(3,4)5)19(27)26-11-10-25(13-17(26)20(28)29)12-15-6-8-16(23)9-7-15/h6-9,14,17-18H,10-13H2,1-5H3,(H,24,30)(H,28,29)/t17-,18-/m0/s1. The average molecular weight is 454 g/mol. The van der Waals surface area contributed by atoms with E-state index >= 15 is 0 Å². The lowest BCUT2D eigenvalue weighted by Gasteiger charge is -2.41. The number of rotatable bonds is 6. The molecule has 0 radical (unpaired) electrons. The smallest absolute Gasteiger partial charge is 0.408 e. The molecular formula is C22H32ClN3O5. The summed E-state index contributed by atoms with van der Waals surface area (Å²) in [5.41, 5.74) is 0.311. The molecule has 0 saturated carbocycles. The monoisotopic (exact) mass is 453 g/mol. The lowest BCUT2D eigenvalue weighted by atomic mass is 10.0. The van der Waals surface area contributed by atoms with Gasteiger partial charge in [0.1, 0.15) is 17.7 Å². The quantitative estimate of drug-likeness (QED) is 0.687. The molecule has 1 aliphatic heterocycles. The van der Waals surface area contributed by atoms with Crippen molar-refractivity contribution in [3.63, 3.8) is 0 Å². The van der Waals surface area contributed by atoms with Crippen molar-refractivity contribution >= 4 is 29.6 Å². The number of ether oxygens (including phenoxy) is 1. The first-order chi connectivity index (χ1) is 14.4. The fourth-order valence-corrected chi connectivity index (χ4v) is 3.56. The number of piperazine rings is 1. The van der Waals surface area contributed by atoms with Gasteiger partial charge in [-0.2, -0.15) is 0 Å². The van der Waals surface area contributed by atoms with E-state index in [1.54, 1.807) is 46.8 Å². The Morgan fingerprint density at radius 3 is 2.32 bits per heavy atom. The van der Waals surface area contributed by atoms with E-state index in [1.807, 2.05) is 17.0 Å².